The van der Waals surface area contributed by atoms with Gasteiger partial charge in [-0.25, -0.2) is 4.98 Å². The smallest absolute Gasteiger partial charge is 0.126 e. The summed E-state index contributed by atoms with van der Waals surface area (Å²) in [5.74, 6) is 0.653. The molecule has 94 valence electrons. The van der Waals surface area contributed by atoms with Crippen LogP contribution in [0.4, 0.5) is 5.82 Å². The first-order valence-corrected chi connectivity index (χ1v) is 6.57. The minimum absolute atomic E-state index is 0.524. The average molecular weight is 233 g/mol. The number of pyridine rings is 1. The molecule has 1 saturated heterocycles. The van der Waals surface area contributed by atoms with Crippen LogP contribution in [0.15, 0.2) is 12.3 Å². The average Bonchev–Trinajstić information content (AvgIpc) is 2.32. The van der Waals surface area contributed by atoms with Crippen molar-refractivity contribution < 1.29 is 0 Å². The Balaban J connectivity index is 2.26. The molecule has 0 aromatic carbocycles. The van der Waals surface area contributed by atoms with Crippen LogP contribution in [0.3, 0.4) is 0 Å². The number of nitrogens with zero attached hydrogens (tertiary/aromatic N) is 2. The molecule has 2 N–H and O–H groups in total. The van der Waals surface area contributed by atoms with Gasteiger partial charge >= 0.3 is 0 Å². The molecule has 3 nitrogen and oxygen atoms in total. The second-order valence-corrected chi connectivity index (χ2v) is 5.31. The van der Waals surface area contributed by atoms with E-state index in [1.807, 2.05) is 13.1 Å². The number of piperidine rings is 1. The van der Waals surface area contributed by atoms with Crippen molar-refractivity contribution in [1.82, 2.24) is 9.88 Å². The Morgan fingerprint density at radius 3 is 2.82 bits per heavy atom. The van der Waals surface area contributed by atoms with Crippen LogP contribution in [-0.2, 0) is 0 Å². The summed E-state index contributed by atoms with van der Waals surface area (Å²) < 4.78 is 0. The lowest BCUT2D eigenvalue weighted by Crippen LogP contribution is -2.38. The van der Waals surface area contributed by atoms with Gasteiger partial charge in [0.15, 0.2) is 0 Å². The molecule has 0 saturated carbocycles. The van der Waals surface area contributed by atoms with Crippen molar-refractivity contribution in [3.8, 4) is 0 Å². The highest BCUT2D eigenvalue weighted by atomic mass is 15.2. The van der Waals surface area contributed by atoms with Crippen molar-refractivity contribution >= 4 is 5.82 Å². The summed E-state index contributed by atoms with van der Waals surface area (Å²) in [5, 5.41) is 0. The summed E-state index contributed by atoms with van der Waals surface area (Å²) >= 11 is 0. The molecule has 0 amide bonds. The van der Waals surface area contributed by atoms with Crippen molar-refractivity contribution in [2.75, 3.05) is 12.3 Å². The van der Waals surface area contributed by atoms with E-state index >= 15 is 0 Å². The van der Waals surface area contributed by atoms with Crippen LogP contribution >= 0.6 is 0 Å². The van der Waals surface area contributed by atoms with E-state index in [2.05, 4.69) is 29.8 Å². The van der Waals surface area contributed by atoms with E-state index in [-0.39, 0.29) is 0 Å². The zero-order valence-electron chi connectivity index (χ0n) is 11.1. The number of anilines is 1. The van der Waals surface area contributed by atoms with Crippen LogP contribution in [0, 0.1) is 6.92 Å². The van der Waals surface area contributed by atoms with Gasteiger partial charge in [0.05, 0.1) is 0 Å². The molecular weight excluding hydrogens is 210 g/mol. The van der Waals surface area contributed by atoms with Crippen molar-refractivity contribution in [1.29, 1.82) is 0 Å². The summed E-state index contributed by atoms with van der Waals surface area (Å²) in [4.78, 5) is 6.88. The van der Waals surface area contributed by atoms with Crippen LogP contribution in [0.1, 0.15) is 50.3 Å². The third-order valence-corrected chi connectivity index (χ3v) is 3.73. The van der Waals surface area contributed by atoms with Gasteiger partial charge in [0, 0.05) is 18.3 Å². The van der Waals surface area contributed by atoms with Crippen molar-refractivity contribution in [3.63, 3.8) is 0 Å². The number of hydrogen-bond acceptors (Lipinski definition) is 3. The number of hydrogen-bond donors (Lipinski definition) is 1. The number of aromatic nitrogens is 1. The van der Waals surface area contributed by atoms with Crippen molar-refractivity contribution in [2.45, 2.75) is 52.1 Å². The maximum atomic E-state index is 5.79. The van der Waals surface area contributed by atoms with Gasteiger partial charge in [-0.15, -0.1) is 0 Å². The van der Waals surface area contributed by atoms with E-state index in [0.29, 0.717) is 17.9 Å². The number of aryl methyl sites for hydroxylation is 1. The molecule has 0 bridgehead atoms. The zero-order chi connectivity index (χ0) is 12.4. The minimum atomic E-state index is 0.524. The van der Waals surface area contributed by atoms with Gasteiger partial charge in [0.25, 0.3) is 0 Å². The molecule has 2 heterocycles. The Bertz CT molecular complexity index is 387. The molecule has 1 aromatic heterocycles. The molecule has 0 aliphatic carbocycles. The Hall–Kier alpha value is -1.09. The molecule has 1 aromatic rings. The van der Waals surface area contributed by atoms with Crippen LogP contribution in [-0.4, -0.2) is 22.5 Å². The summed E-state index contributed by atoms with van der Waals surface area (Å²) in [6, 6.07) is 3.32. The molecule has 3 heteroatoms. The first-order chi connectivity index (χ1) is 8.09. The van der Waals surface area contributed by atoms with Crippen molar-refractivity contribution in [3.05, 3.63) is 23.4 Å². The normalized spacial score (nSPS) is 22.0. The van der Waals surface area contributed by atoms with Crippen LogP contribution in [0.25, 0.3) is 0 Å². The maximum Gasteiger partial charge on any atom is 0.126 e. The Morgan fingerprint density at radius 1 is 1.41 bits per heavy atom. The predicted octanol–water partition coefficient (Wildman–Crippen LogP) is 2.91. The Labute approximate surface area is 104 Å². The minimum Gasteiger partial charge on any atom is -0.383 e. The topological polar surface area (TPSA) is 42.2 Å². The number of nitrogens with two attached hydrogens (primary N) is 1. The van der Waals surface area contributed by atoms with Crippen LogP contribution in [0.2, 0.25) is 0 Å². The highest BCUT2D eigenvalue weighted by molar-refractivity contribution is 5.40. The van der Waals surface area contributed by atoms with Gasteiger partial charge in [-0.2, -0.15) is 0 Å². The fraction of sp³-hybridized carbons (Fsp3) is 0.643. The van der Waals surface area contributed by atoms with Gasteiger partial charge in [-0.05, 0) is 57.4 Å². The predicted molar refractivity (Wildman–Crippen MR) is 71.8 cm³/mol. The second kappa shape index (κ2) is 5.05. The molecular formula is C14H23N3. The van der Waals surface area contributed by atoms with E-state index in [1.54, 1.807) is 0 Å². The molecule has 1 aliphatic heterocycles. The fourth-order valence-electron chi connectivity index (χ4n) is 2.72. The zero-order valence-corrected chi connectivity index (χ0v) is 11.1. The van der Waals surface area contributed by atoms with Gasteiger partial charge in [-0.1, -0.05) is 6.42 Å². The molecule has 0 spiro atoms. The molecule has 2 rings (SSSR count). The molecule has 0 unspecified atom stereocenters. The lowest BCUT2D eigenvalue weighted by atomic mass is 9.94. The van der Waals surface area contributed by atoms with E-state index < -0.39 is 0 Å². The third-order valence-electron chi connectivity index (χ3n) is 3.73. The standard InChI is InChI=1S/C14H23N3/c1-10(2)17-7-5-4-6-13(17)12-8-11(3)14(15)16-9-12/h8-10,13H,4-7H2,1-3H3,(H2,15,16)/t13-/m1/s1. The van der Waals surface area contributed by atoms with Crippen molar-refractivity contribution in [2.24, 2.45) is 0 Å². The van der Waals surface area contributed by atoms with Gasteiger partial charge in [0.1, 0.15) is 5.82 Å². The van der Waals surface area contributed by atoms with E-state index in [4.69, 9.17) is 5.73 Å². The van der Waals surface area contributed by atoms with Gasteiger partial charge in [-0.3, -0.25) is 4.90 Å². The second-order valence-electron chi connectivity index (χ2n) is 5.31. The summed E-state index contributed by atoms with van der Waals surface area (Å²) in [5.41, 5.74) is 8.21. The Kier molecular flexibility index (Phi) is 3.67. The number of nitrogen functional groups attached to an aromatic ring is 1. The summed E-state index contributed by atoms with van der Waals surface area (Å²) in [6.45, 7) is 7.78. The SMILES string of the molecule is Cc1cc([C@H]2CCCCN2C(C)C)cnc1N. The van der Waals surface area contributed by atoms with E-state index in [1.165, 1.54) is 31.4 Å². The first-order valence-electron chi connectivity index (χ1n) is 6.57. The largest absolute Gasteiger partial charge is 0.383 e. The highest BCUT2D eigenvalue weighted by Crippen LogP contribution is 2.32. The number of likely N-dealkylation sites (tertiary alicyclic amines) is 1. The van der Waals surface area contributed by atoms with Crippen LogP contribution < -0.4 is 5.73 Å². The molecule has 0 radical (unpaired) electrons. The molecule has 17 heavy (non-hydrogen) atoms. The summed E-state index contributed by atoms with van der Waals surface area (Å²) in [7, 11) is 0. The molecule has 1 aliphatic rings. The van der Waals surface area contributed by atoms with Crippen LogP contribution in [0.5, 0.6) is 0 Å². The van der Waals surface area contributed by atoms with E-state index in [9.17, 15) is 0 Å². The highest BCUT2D eigenvalue weighted by Gasteiger charge is 2.26. The monoisotopic (exact) mass is 233 g/mol. The maximum absolute atomic E-state index is 5.79. The number of rotatable bonds is 2. The lowest BCUT2D eigenvalue weighted by Gasteiger charge is -2.38. The summed E-state index contributed by atoms with van der Waals surface area (Å²) in [6.07, 6.45) is 5.82. The van der Waals surface area contributed by atoms with Gasteiger partial charge in [0.2, 0.25) is 0 Å². The Morgan fingerprint density at radius 2 is 2.18 bits per heavy atom. The third kappa shape index (κ3) is 2.60. The lowest BCUT2D eigenvalue weighted by molar-refractivity contribution is 0.112. The fourth-order valence-corrected chi connectivity index (χ4v) is 2.72. The van der Waals surface area contributed by atoms with E-state index in [0.717, 1.165) is 5.56 Å². The molecule has 1 fully saturated rings. The molecule has 1 atom stereocenters. The quantitative estimate of drug-likeness (QED) is 0.854. The first kappa shape index (κ1) is 12.4. The van der Waals surface area contributed by atoms with Gasteiger partial charge < -0.3 is 5.73 Å².